The minimum absolute atomic E-state index is 0.164. The molecule has 0 aliphatic carbocycles. The molecule has 0 N–H and O–H groups in total. The van der Waals surface area contributed by atoms with Gasteiger partial charge in [-0.3, -0.25) is 24.4 Å². The first-order valence-corrected chi connectivity index (χ1v) is 8.46. The first-order valence-electron chi connectivity index (χ1n) is 8.46. The zero-order valence-electron chi connectivity index (χ0n) is 14.8. The zero-order valence-corrected chi connectivity index (χ0v) is 14.8. The van der Waals surface area contributed by atoms with Crippen LogP contribution in [0.3, 0.4) is 0 Å². The molecule has 1 aromatic carbocycles. The maximum atomic E-state index is 12.9. The number of nitrogens with zero attached hydrogens (tertiary/aromatic N) is 4. The van der Waals surface area contributed by atoms with Crippen LogP contribution in [0.25, 0.3) is 0 Å². The SMILES string of the molecule is C[C@H](c1cccnc1)N1C(=O)C[C@@H](N(C)Cc2ccc(C#N)cc2)C1=O. The molecule has 26 heavy (non-hydrogen) atoms. The molecule has 0 unspecified atom stereocenters. The van der Waals surface area contributed by atoms with Gasteiger partial charge in [0.25, 0.3) is 0 Å². The van der Waals surface area contributed by atoms with Crippen LogP contribution in [0.15, 0.2) is 48.8 Å². The van der Waals surface area contributed by atoms with Gasteiger partial charge in [0, 0.05) is 18.9 Å². The Balaban J connectivity index is 1.72. The Labute approximate surface area is 152 Å². The average Bonchev–Trinajstić information content (AvgIpc) is 2.97. The topological polar surface area (TPSA) is 77.3 Å². The number of hydrogen-bond donors (Lipinski definition) is 0. The third-order valence-electron chi connectivity index (χ3n) is 4.76. The van der Waals surface area contributed by atoms with Gasteiger partial charge in [-0.15, -0.1) is 0 Å². The number of likely N-dealkylation sites (N-methyl/N-ethyl adjacent to an activating group) is 1. The Morgan fingerprint density at radius 2 is 2.04 bits per heavy atom. The van der Waals surface area contributed by atoms with Crippen LogP contribution in [-0.4, -0.2) is 39.7 Å². The number of nitriles is 1. The molecule has 2 amide bonds. The second-order valence-corrected chi connectivity index (χ2v) is 6.51. The molecule has 0 spiro atoms. The maximum absolute atomic E-state index is 12.9. The molecule has 1 fully saturated rings. The number of carbonyl (C=O) groups is 2. The lowest BCUT2D eigenvalue weighted by Crippen LogP contribution is -2.40. The fourth-order valence-electron chi connectivity index (χ4n) is 3.24. The van der Waals surface area contributed by atoms with Gasteiger partial charge < -0.3 is 0 Å². The predicted octanol–water partition coefficient (Wildman–Crippen LogP) is 2.27. The molecule has 0 radical (unpaired) electrons. The zero-order chi connectivity index (χ0) is 18.7. The summed E-state index contributed by atoms with van der Waals surface area (Å²) in [5.41, 5.74) is 2.43. The highest BCUT2D eigenvalue weighted by Crippen LogP contribution is 2.28. The molecule has 6 nitrogen and oxygen atoms in total. The molecule has 6 heteroatoms. The molecule has 2 heterocycles. The number of pyridine rings is 1. The Hall–Kier alpha value is -3.04. The standard InChI is InChI=1S/C20H20N4O2/c1-14(17-4-3-9-22-12-17)24-19(25)10-18(20(24)26)23(2)13-16-7-5-15(11-21)6-8-16/h3-9,12,14,18H,10,13H2,1-2H3/t14-,18-/m1/s1. The summed E-state index contributed by atoms with van der Waals surface area (Å²) in [6, 6.07) is 12.2. The highest BCUT2D eigenvalue weighted by atomic mass is 16.2. The van der Waals surface area contributed by atoms with Gasteiger partial charge in [0.15, 0.2) is 0 Å². The summed E-state index contributed by atoms with van der Waals surface area (Å²) < 4.78 is 0. The van der Waals surface area contributed by atoms with Crippen molar-refractivity contribution in [3.63, 3.8) is 0 Å². The number of imide groups is 1. The minimum atomic E-state index is -0.475. The summed E-state index contributed by atoms with van der Waals surface area (Å²) in [4.78, 5) is 32.6. The van der Waals surface area contributed by atoms with Gasteiger partial charge >= 0.3 is 0 Å². The Kier molecular flexibility index (Phi) is 5.10. The second kappa shape index (κ2) is 7.46. The van der Waals surface area contributed by atoms with Gasteiger partial charge in [-0.2, -0.15) is 5.26 Å². The molecule has 3 rings (SSSR count). The number of carbonyl (C=O) groups excluding carboxylic acids is 2. The molecule has 1 aromatic heterocycles. The predicted molar refractivity (Wildman–Crippen MR) is 95.5 cm³/mol. The van der Waals surface area contributed by atoms with Crippen molar-refractivity contribution in [1.29, 1.82) is 5.26 Å². The monoisotopic (exact) mass is 348 g/mol. The van der Waals surface area contributed by atoms with Crippen LogP contribution in [0.4, 0.5) is 0 Å². The van der Waals surface area contributed by atoms with Crippen molar-refractivity contribution in [2.24, 2.45) is 0 Å². The molecular weight excluding hydrogens is 328 g/mol. The Morgan fingerprint density at radius 1 is 1.31 bits per heavy atom. The lowest BCUT2D eigenvalue weighted by molar-refractivity contribution is -0.142. The molecular formula is C20H20N4O2. The van der Waals surface area contributed by atoms with Crippen LogP contribution in [0.5, 0.6) is 0 Å². The molecule has 0 bridgehead atoms. The van der Waals surface area contributed by atoms with E-state index in [2.05, 4.69) is 11.1 Å². The van der Waals surface area contributed by atoms with Crippen LogP contribution < -0.4 is 0 Å². The van der Waals surface area contributed by atoms with Crippen molar-refractivity contribution in [3.05, 3.63) is 65.5 Å². The van der Waals surface area contributed by atoms with Crippen molar-refractivity contribution < 1.29 is 9.59 Å². The smallest absolute Gasteiger partial charge is 0.247 e. The van der Waals surface area contributed by atoms with Crippen molar-refractivity contribution in [1.82, 2.24) is 14.8 Å². The van der Waals surface area contributed by atoms with Gasteiger partial charge in [-0.05, 0) is 43.3 Å². The maximum Gasteiger partial charge on any atom is 0.247 e. The summed E-state index contributed by atoms with van der Waals surface area (Å²) in [6.45, 7) is 2.38. The van der Waals surface area contributed by atoms with E-state index in [1.165, 1.54) is 4.90 Å². The summed E-state index contributed by atoms with van der Waals surface area (Å²) >= 11 is 0. The normalized spacial score (nSPS) is 18.2. The number of likely N-dealkylation sites (tertiary alicyclic amines) is 1. The second-order valence-electron chi connectivity index (χ2n) is 6.51. The number of hydrogen-bond acceptors (Lipinski definition) is 5. The summed E-state index contributed by atoms with van der Waals surface area (Å²) in [5.74, 6) is -0.342. The largest absolute Gasteiger partial charge is 0.290 e. The van der Waals surface area contributed by atoms with E-state index < -0.39 is 6.04 Å². The van der Waals surface area contributed by atoms with Crippen LogP contribution in [0.2, 0.25) is 0 Å². The third kappa shape index (κ3) is 3.48. The number of aromatic nitrogens is 1. The van der Waals surface area contributed by atoms with E-state index in [1.54, 1.807) is 30.6 Å². The van der Waals surface area contributed by atoms with Crippen LogP contribution in [0.1, 0.15) is 36.1 Å². The van der Waals surface area contributed by atoms with Crippen molar-refractivity contribution in [2.45, 2.75) is 32.0 Å². The van der Waals surface area contributed by atoms with E-state index in [1.807, 2.05) is 37.1 Å². The first kappa shape index (κ1) is 17.8. The molecule has 0 saturated carbocycles. The molecule has 2 atom stereocenters. The summed E-state index contributed by atoms with van der Waals surface area (Å²) in [5, 5.41) is 8.87. The molecule has 1 aliphatic rings. The van der Waals surface area contributed by atoms with Gasteiger partial charge in [0.05, 0.1) is 30.1 Å². The molecule has 132 valence electrons. The van der Waals surface area contributed by atoms with E-state index in [0.29, 0.717) is 12.1 Å². The van der Waals surface area contributed by atoms with E-state index in [4.69, 9.17) is 5.26 Å². The van der Waals surface area contributed by atoms with Gasteiger partial charge in [0.2, 0.25) is 11.8 Å². The number of benzene rings is 1. The summed E-state index contributed by atoms with van der Waals surface area (Å²) in [7, 11) is 1.84. The Morgan fingerprint density at radius 3 is 2.65 bits per heavy atom. The van der Waals surface area contributed by atoms with Crippen molar-refractivity contribution in [2.75, 3.05) is 7.05 Å². The van der Waals surface area contributed by atoms with Crippen LogP contribution in [-0.2, 0) is 16.1 Å². The van der Waals surface area contributed by atoms with Gasteiger partial charge in [-0.25, -0.2) is 0 Å². The average molecular weight is 348 g/mol. The van der Waals surface area contributed by atoms with E-state index in [9.17, 15) is 9.59 Å². The van der Waals surface area contributed by atoms with Gasteiger partial charge in [-0.1, -0.05) is 18.2 Å². The highest BCUT2D eigenvalue weighted by molar-refractivity contribution is 6.05. The third-order valence-corrected chi connectivity index (χ3v) is 4.76. The first-order chi connectivity index (χ1) is 12.5. The van der Waals surface area contributed by atoms with E-state index in [-0.39, 0.29) is 24.3 Å². The quantitative estimate of drug-likeness (QED) is 0.775. The fourth-order valence-corrected chi connectivity index (χ4v) is 3.24. The number of rotatable bonds is 5. The number of amides is 2. The van der Waals surface area contributed by atoms with Crippen LogP contribution in [0, 0.1) is 11.3 Å². The van der Waals surface area contributed by atoms with E-state index in [0.717, 1.165) is 11.1 Å². The van der Waals surface area contributed by atoms with Gasteiger partial charge in [0.1, 0.15) is 0 Å². The fraction of sp³-hybridized carbons (Fsp3) is 0.300. The highest BCUT2D eigenvalue weighted by Gasteiger charge is 2.43. The molecule has 1 saturated heterocycles. The lowest BCUT2D eigenvalue weighted by atomic mass is 10.1. The van der Waals surface area contributed by atoms with Crippen molar-refractivity contribution >= 4 is 11.8 Å². The molecule has 1 aliphatic heterocycles. The van der Waals surface area contributed by atoms with Crippen LogP contribution >= 0.6 is 0 Å². The van der Waals surface area contributed by atoms with E-state index >= 15 is 0 Å². The Bertz CT molecular complexity index is 842. The minimum Gasteiger partial charge on any atom is -0.290 e. The van der Waals surface area contributed by atoms with Crippen molar-refractivity contribution in [3.8, 4) is 6.07 Å². The summed E-state index contributed by atoms with van der Waals surface area (Å²) in [6.07, 6.45) is 3.52. The molecule has 2 aromatic rings. The lowest BCUT2D eigenvalue weighted by Gasteiger charge is -2.26.